The Morgan fingerprint density at radius 1 is 1.24 bits per heavy atom. The zero-order valence-corrected chi connectivity index (χ0v) is 20.1. The van der Waals surface area contributed by atoms with Crippen molar-refractivity contribution >= 4 is 29.5 Å². The molecule has 0 amide bonds. The number of aryl methyl sites for hydroxylation is 2. The largest absolute Gasteiger partial charge is 0.511 e. The molecule has 0 unspecified atom stereocenters. The molecule has 0 radical (unpaired) electrons. The van der Waals surface area contributed by atoms with Crippen LogP contribution in [0.3, 0.4) is 0 Å². The van der Waals surface area contributed by atoms with Crippen molar-refractivity contribution in [1.82, 2.24) is 14.9 Å². The predicted octanol–water partition coefficient (Wildman–Crippen LogP) is 4.34. The molecule has 0 saturated carbocycles. The number of H-pyrrole nitrogens is 1. The molecule has 3 aromatic rings. The molecular formula is C24H30ClN3O5. The number of carbonyl (C=O) groups is 1. The van der Waals surface area contributed by atoms with Gasteiger partial charge in [0.15, 0.2) is 5.75 Å². The highest BCUT2D eigenvalue weighted by molar-refractivity contribution is 5.89. The van der Waals surface area contributed by atoms with Gasteiger partial charge >= 0.3 is 6.16 Å². The lowest BCUT2D eigenvalue weighted by Crippen LogP contribution is -2.27. The van der Waals surface area contributed by atoms with E-state index in [1.807, 2.05) is 6.07 Å². The maximum absolute atomic E-state index is 12.5. The van der Waals surface area contributed by atoms with Gasteiger partial charge in [0.1, 0.15) is 0 Å². The normalized spacial score (nSPS) is 13.1. The number of hydrogen-bond acceptors (Lipinski definition) is 5. The molecule has 1 aliphatic carbocycles. The topological polar surface area (TPSA) is 117 Å². The number of aromatic hydroxyl groups is 1. The third-order valence-corrected chi connectivity index (χ3v) is 5.91. The molecule has 2 aromatic heterocycles. The summed E-state index contributed by atoms with van der Waals surface area (Å²) in [7, 11) is 2.05. The van der Waals surface area contributed by atoms with E-state index in [1.165, 1.54) is 0 Å². The van der Waals surface area contributed by atoms with Crippen LogP contribution in [0.4, 0.5) is 4.79 Å². The first kappa shape index (κ1) is 24.7. The molecule has 0 aliphatic heterocycles. The maximum atomic E-state index is 12.5. The summed E-state index contributed by atoms with van der Waals surface area (Å²) in [5.41, 5.74) is 4.65. The number of ether oxygens (including phenoxy) is 1. The Labute approximate surface area is 198 Å². The van der Waals surface area contributed by atoms with Crippen molar-refractivity contribution in [2.24, 2.45) is 12.5 Å². The molecule has 4 rings (SSSR count). The molecule has 2 heterocycles. The van der Waals surface area contributed by atoms with Crippen molar-refractivity contribution in [3.63, 3.8) is 0 Å². The molecule has 4 N–H and O–H groups in total. The number of aromatic nitrogens is 2. The summed E-state index contributed by atoms with van der Waals surface area (Å²) in [6.45, 7) is 8.23. The molecular weight excluding hydrogens is 446 g/mol. The van der Waals surface area contributed by atoms with Gasteiger partial charge in [0.2, 0.25) is 5.75 Å². The zero-order chi connectivity index (χ0) is 23.2. The van der Waals surface area contributed by atoms with Gasteiger partial charge in [-0.3, -0.25) is 4.79 Å². The van der Waals surface area contributed by atoms with E-state index in [-0.39, 0.29) is 17.8 Å². The SMILES string of the molecule is Cl.Cn1c(CNCC(C)(C)C)cc2cc3c(cc21)CCCc1c-3[nH]c(=O)c(OC(=O)O)c1O. The minimum absolute atomic E-state index is 0. The van der Waals surface area contributed by atoms with Crippen LogP contribution in [-0.4, -0.2) is 32.5 Å². The number of carboxylic acid groups (broad SMARTS) is 1. The van der Waals surface area contributed by atoms with Gasteiger partial charge in [0.25, 0.3) is 5.56 Å². The number of nitrogens with zero attached hydrogens (tertiary/aromatic N) is 1. The second-order valence-electron chi connectivity index (χ2n) is 9.63. The minimum atomic E-state index is -1.64. The van der Waals surface area contributed by atoms with Crippen molar-refractivity contribution in [2.45, 2.75) is 46.6 Å². The molecule has 0 saturated heterocycles. The standard InChI is InChI=1S/C24H29N3O5.ClH/c1-24(2,3)12-25-11-15-8-14-9-17-13(10-18(14)27(15)4)6-5-7-16-19(17)26-22(29)21(20(16)28)32-23(30)31;/h8-10,25H,5-7,11-12H2,1-4H3,(H,30,31)(H2,26,28,29);1H. The maximum Gasteiger partial charge on any atom is 0.511 e. The van der Waals surface area contributed by atoms with Crippen LogP contribution in [0.1, 0.15) is 44.0 Å². The highest BCUT2D eigenvalue weighted by Gasteiger charge is 2.25. The molecule has 8 nitrogen and oxygen atoms in total. The van der Waals surface area contributed by atoms with Crippen molar-refractivity contribution in [3.05, 3.63) is 45.4 Å². The van der Waals surface area contributed by atoms with Crippen LogP contribution in [0.5, 0.6) is 11.5 Å². The summed E-state index contributed by atoms with van der Waals surface area (Å²) in [6, 6.07) is 6.31. The first-order valence-electron chi connectivity index (χ1n) is 10.8. The van der Waals surface area contributed by atoms with Gasteiger partial charge in [-0.2, -0.15) is 0 Å². The third-order valence-electron chi connectivity index (χ3n) is 5.91. The van der Waals surface area contributed by atoms with E-state index in [9.17, 15) is 14.7 Å². The van der Waals surface area contributed by atoms with Crippen LogP contribution < -0.4 is 15.6 Å². The van der Waals surface area contributed by atoms with E-state index in [2.05, 4.69) is 59.6 Å². The number of fused-ring (bicyclic) bond motifs is 4. The summed E-state index contributed by atoms with van der Waals surface area (Å²) in [5.74, 6) is -0.980. The van der Waals surface area contributed by atoms with Crippen molar-refractivity contribution < 1.29 is 19.7 Å². The molecule has 1 aliphatic rings. The summed E-state index contributed by atoms with van der Waals surface area (Å²) in [5, 5.41) is 24.1. The lowest BCUT2D eigenvalue weighted by molar-refractivity contribution is 0.142. The molecule has 0 fully saturated rings. The Kier molecular flexibility index (Phi) is 6.81. The Balaban J connectivity index is 0.00000306. The van der Waals surface area contributed by atoms with E-state index >= 15 is 0 Å². The first-order chi connectivity index (χ1) is 15.0. The number of pyridine rings is 1. The van der Waals surface area contributed by atoms with E-state index in [0.717, 1.165) is 53.7 Å². The van der Waals surface area contributed by atoms with Gasteiger partial charge in [-0.15, -0.1) is 12.4 Å². The Morgan fingerprint density at radius 3 is 2.64 bits per heavy atom. The average Bonchev–Trinajstić information content (AvgIpc) is 2.88. The Hall–Kier alpha value is -2.97. The Morgan fingerprint density at radius 2 is 1.97 bits per heavy atom. The number of halogens is 1. The second kappa shape index (κ2) is 9.11. The Bertz CT molecular complexity index is 1270. The number of aromatic amines is 1. The van der Waals surface area contributed by atoms with Gasteiger partial charge < -0.3 is 29.8 Å². The second-order valence-corrected chi connectivity index (χ2v) is 9.63. The highest BCUT2D eigenvalue weighted by atomic mass is 35.5. The fourth-order valence-electron chi connectivity index (χ4n) is 4.38. The van der Waals surface area contributed by atoms with Crippen LogP contribution in [0.25, 0.3) is 22.2 Å². The van der Waals surface area contributed by atoms with Gasteiger partial charge in [-0.1, -0.05) is 20.8 Å². The van der Waals surface area contributed by atoms with Crippen LogP contribution in [-0.2, 0) is 26.4 Å². The molecule has 0 bridgehead atoms. The number of nitrogens with one attached hydrogen (secondary N) is 2. The smallest absolute Gasteiger partial charge is 0.504 e. The molecule has 1 aromatic carbocycles. The average molecular weight is 476 g/mol. The summed E-state index contributed by atoms with van der Waals surface area (Å²) in [4.78, 5) is 26.2. The van der Waals surface area contributed by atoms with Crippen LogP contribution in [0, 0.1) is 5.41 Å². The van der Waals surface area contributed by atoms with Crippen molar-refractivity contribution in [2.75, 3.05) is 6.54 Å². The van der Waals surface area contributed by atoms with Crippen LogP contribution in [0.15, 0.2) is 23.0 Å². The minimum Gasteiger partial charge on any atom is -0.504 e. The van der Waals surface area contributed by atoms with Gasteiger partial charge in [-0.05, 0) is 48.4 Å². The van der Waals surface area contributed by atoms with E-state index in [0.29, 0.717) is 17.7 Å². The molecule has 33 heavy (non-hydrogen) atoms. The number of hydrogen-bond donors (Lipinski definition) is 4. The van der Waals surface area contributed by atoms with E-state index in [4.69, 9.17) is 5.11 Å². The number of benzene rings is 1. The van der Waals surface area contributed by atoms with Gasteiger partial charge in [0, 0.05) is 47.9 Å². The quantitative estimate of drug-likeness (QED) is 0.417. The molecule has 178 valence electrons. The zero-order valence-electron chi connectivity index (χ0n) is 19.2. The van der Waals surface area contributed by atoms with Crippen molar-refractivity contribution in [3.8, 4) is 22.8 Å². The molecule has 0 atom stereocenters. The summed E-state index contributed by atoms with van der Waals surface area (Å²) in [6.07, 6.45) is 0.390. The lowest BCUT2D eigenvalue weighted by atomic mass is 9.97. The third kappa shape index (κ3) is 4.86. The van der Waals surface area contributed by atoms with Crippen LogP contribution in [0.2, 0.25) is 0 Å². The van der Waals surface area contributed by atoms with Crippen LogP contribution >= 0.6 is 12.4 Å². The molecule has 9 heteroatoms. The molecule has 0 spiro atoms. The summed E-state index contributed by atoms with van der Waals surface area (Å²) < 4.78 is 6.72. The highest BCUT2D eigenvalue weighted by Crippen LogP contribution is 2.40. The number of rotatable bonds is 4. The van der Waals surface area contributed by atoms with E-state index in [1.54, 1.807) is 0 Å². The van der Waals surface area contributed by atoms with Crippen molar-refractivity contribution in [1.29, 1.82) is 0 Å². The first-order valence-corrected chi connectivity index (χ1v) is 10.8. The van der Waals surface area contributed by atoms with Gasteiger partial charge in [0.05, 0.1) is 5.69 Å². The monoisotopic (exact) mass is 475 g/mol. The predicted molar refractivity (Wildman–Crippen MR) is 130 cm³/mol. The summed E-state index contributed by atoms with van der Waals surface area (Å²) >= 11 is 0. The van der Waals surface area contributed by atoms with Gasteiger partial charge in [-0.25, -0.2) is 4.79 Å². The van der Waals surface area contributed by atoms with E-state index < -0.39 is 23.2 Å². The fourth-order valence-corrected chi connectivity index (χ4v) is 4.38. The fraction of sp³-hybridized carbons (Fsp3) is 0.417. The lowest BCUT2D eigenvalue weighted by Gasteiger charge is -2.18.